The zero-order chi connectivity index (χ0) is 22.2. The van der Waals surface area contributed by atoms with Crippen molar-refractivity contribution in [1.29, 1.82) is 0 Å². The van der Waals surface area contributed by atoms with Crippen molar-refractivity contribution >= 4 is 29.9 Å². The predicted molar refractivity (Wildman–Crippen MR) is 106 cm³/mol. The Labute approximate surface area is 180 Å². The molecule has 0 spiro atoms. The first-order valence-electron chi connectivity index (χ1n) is 9.38. The topological polar surface area (TPSA) is 118 Å². The number of benzene rings is 1. The van der Waals surface area contributed by atoms with Crippen LogP contribution in [0.2, 0.25) is 0 Å². The summed E-state index contributed by atoms with van der Waals surface area (Å²) in [4.78, 5) is 35.9. The van der Waals surface area contributed by atoms with Crippen molar-refractivity contribution in [2.45, 2.75) is 26.4 Å². The molecule has 10 heteroatoms. The van der Waals surface area contributed by atoms with Crippen LogP contribution < -0.4 is 0 Å². The quantitative estimate of drug-likeness (QED) is 0.211. The van der Waals surface area contributed by atoms with Gasteiger partial charge < -0.3 is 28.8 Å². The monoisotopic (exact) mass is 446 g/mol. The van der Waals surface area contributed by atoms with Crippen molar-refractivity contribution in [3.8, 4) is 0 Å². The van der Waals surface area contributed by atoms with Gasteiger partial charge in [-0.3, -0.25) is 4.79 Å². The first-order valence-corrected chi connectivity index (χ1v) is 9.92. The molecule has 168 valence electrons. The van der Waals surface area contributed by atoms with E-state index in [1.165, 1.54) is 6.92 Å². The Morgan fingerprint density at radius 3 is 2.10 bits per heavy atom. The molecule has 1 aromatic rings. The van der Waals surface area contributed by atoms with Gasteiger partial charge in [-0.05, 0) is 18.9 Å². The molecule has 0 aliphatic heterocycles. The number of carbonyl (C=O) groups is 3. The smallest absolute Gasteiger partial charge is 0.465 e. The third kappa shape index (κ3) is 10.3. The van der Waals surface area contributed by atoms with Crippen molar-refractivity contribution in [1.82, 2.24) is 0 Å². The van der Waals surface area contributed by atoms with Crippen LogP contribution in [0.15, 0.2) is 30.3 Å². The number of rotatable bonds is 13. The molecule has 1 aromatic carbocycles. The number of ether oxygens (including phenoxy) is 5. The SMILES string of the molecule is CC(COC(=O)OCCCO)(COC(=O)OCc1ccccc1)C(=O)OCCCCl. The molecule has 9 nitrogen and oxygen atoms in total. The summed E-state index contributed by atoms with van der Waals surface area (Å²) >= 11 is 5.57. The Hall–Kier alpha value is -2.52. The van der Waals surface area contributed by atoms with Crippen molar-refractivity contribution in [3.05, 3.63) is 35.9 Å². The van der Waals surface area contributed by atoms with Crippen molar-refractivity contribution in [2.24, 2.45) is 5.41 Å². The summed E-state index contributed by atoms with van der Waals surface area (Å²) in [6.45, 7) is 0.426. The van der Waals surface area contributed by atoms with E-state index in [0.29, 0.717) is 12.3 Å². The fraction of sp³-hybridized carbons (Fsp3) is 0.550. The lowest BCUT2D eigenvalue weighted by molar-refractivity contribution is -0.161. The molecule has 0 fully saturated rings. The van der Waals surface area contributed by atoms with E-state index in [4.69, 9.17) is 40.4 Å². The molecule has 1 atom stereocenters. The average molecular weight is 447 g/mol. The molecule has 1 rings (SSSR count). The number of halogens is 1. The molecule has 0 radical (unpaired) electrons. The zero-order valence-corrected chi connectivity index (χ0v) is 17.6. The molecule has 0 aliphatic carbocycles. The summed E-state index contributed by atoms with van der Waals surface area (Å²) < 4.78 is 24.8. The second-order valence-electron chi connectivity index (χ2n) is 6.52. The minimum absolute atomic E-state index is 0.00421. The summed E-state index contributed by atoms with van der Waals surface area (Å²) in [5.41, 5.74) is -0.708. The van der Waals surface area contributed by atoms with Gasteiger partial charge in [0.15, 0.2) is 0 Å². The largest absolute Gasteiger partial charge is 0.508 e. The third-order valence-corrected chi connectivity index (χ3v) is 4.01. The van der Waals surface area contributed by atoms with Gasteiger partial charge in [-0.15, -0.1) is 11.6 Å². The minimum atomic E-state index is -1.48. The van der Waals surface area contributed by atoms with E-state index in [1.807, 2.05) is 6.07 Å². The Bertz CT molecular complexity index is 653. The Kier molecular flexibility index (Phi) is 12.3. The minimum Gasteiger partial charge on any atom is -0.465 e. The molecule has 0 bridgehead atoms. The van der Waals surface area contributed by atoms with Gasteiger partial charge in [0, 0.05) is 18.9 Å². The van der Waals surface area contributed by atoms with Gasteiger partial charge in [0.05, 0.1) is 13.2 Å². The molecule has 0 aromatic heterocycles. The molecule has 0 heterocycles. The Balaban J connectivity index is 2.59. The van der Waals surface area contributed by atoms with E-state index in [2.05, 4.69) is 0 Å². The van der Waals surface area contributed by atoms with Gasteiger partial charge in [-0.1, -0.05) is 30.3 Å². The van der Waals surface area contributed by atoms with Crippen molar-refractivity contribution in [2.75, 3.05) is 38.9 Å². The van der Waals surface area contributed by atoms with E-state index in [-0.39, 0.29) is 32.8 Å². The van der Waals surface area contributed by atoms with Crippen LogP contribution in [-0.2, 0) is 35.1 Å². The summed E-state index contributed by atoms with van der Waals surface area (Å²) in [7, 11) is 0. The van der Waals surface area contributed by atoms with E-state index in [9.17, 15) is 14.4 Å². The maximum atomic E-state index is 12.4. The van der Waals surface area contributed by atoms with Crippen LogP contribution in [0.4, 0.5) is 9.59 Å². The fourth-order valence-corrected chi connectivity index (χ4v) is 2.12. The Morgan fingerprint density at radius 1 is 0.900 bits per heavy atom. The normalized spacial score (nSPS) is 12.4. The standard InChI is InChI=1S/C20H27ClO9/c1-20(17(23)26-11-5-9-21,14-29-18(24)27-12-6-10-22)15-30-19(25)28-13-16-7-3-2-4-8-16/h2-4,7-8,22H,5-6,9-15H2,1H3. The van der Waals surface area contributed by atoms with E-state index in [0.717, 1.165) is 5.56 Å². The maximum Gasteiger partial charge on any atom is 0.508 e. The first kappa shape index (κ1) is 25.5. The highest BCUT2D eigenvalue weighted by Gasteiger charge is 2.39. The second kappa shape index (κ2) is 14.5. The number of esters is 1. The van der Waals surface area contributed by atoms with Gasteiger partial charge in [-0.25, -0.2) is 9.59 Å². The molecule has 1 N–H and O–H groups in total. The van der Waals surface area contributed by atoms with E-state index < -0.39 is 36.9 Å². The number of aliphatic hydroxyl groups is 1. The third-order valence-electron chi connectivity index (χ3n) is 3.74. The van der Waals surface area contributed by atoms with E-state index >= 15 is 0 Å². The first-order chi connectivity index (χ1) is 14.4. The number of hydrogen-bond acceptors (Lipinski definition) is 9. The lowest BCUT2D eigenvalue weighted by Crippen LogP contribution is -2.40. The van der Waals surface area contributed by atoms with Crippen LogP contribution in [0.1, 0.15) is 25.3 Å². The lowest BCUT2D eigenvalue weighted by atomic mass is 9.93. The fourth-order valence-electron chi connectivity index (χ4n) is 2.01. The van der Waals surface area contributed by atoms with Gasteiger partial charge in [0.25, 0.3) is 0 Å². The highest BCUT2D eigenvalue weighted by atomic mass is 35.5. The molecular weight excluding hydrogens is 420 g/mol. The molecule has 0 saturated carbocycles. The highest BCUT2D eigenvalue weighted by molar-refractivity contribution is 6.17. The van der Waals surface area contributed by atoms with Crippen LogP contribution in [0.25, 0.3) is 0 Å². The number of hydrogen-bond donors (Lipinski definition) is 1. The van der Waals surface area contributed by atoms with Crippen LogP contribution in [0, 0.1) is 5.41 Å². The van der Waals surface area contributed by atoms with Crippen molar-refractivity contribution in [3.63, 3.8) is 0 Å². The highest BCUT2D eigenvalue weighted by Crippen LogP contribution is 2.21. The summed E-state index contributed by atoms with van der Waals surface area (Å²) in [5.74, 6) is -0.424. The van der Waals surface area contributed by atoms with Gasteiger partial charge >= 0.3 is 18.3 Å². The lowest BCUT2D eigenvalue weighted by Gasteiger charge is -2.26. The van der Waals surface area contributed by atoms with Gasteiger partial charge in [0.2, 0.25) is 0 Å². The van der Waals surface area contributed by atoms with E-state index in [1.54, 1.807) is 24.3 Å². The van der Waals surface area contributed by atoms with Gasteiger partial charge in [-0.2, -0.15) is 0 Å². The second-order valence-corrected chi connectivity index (χ2v) is 6.89. The number of carbonyl (C=O) groups excluding carboxylic acids is 3. The average Bonchev–Trinajstić information content (AvgIpc) is 2.76. The molecule has 30 heavy (non-hydrogen) atoms. The number of alkyl halides is 1. The van der Waals surface area contributed by atoms with Crippen LogP contribution in [0.3, 0.4) is 0 Å². The summed E-state index contributed by atoms with van der Waals surface area (Å²) in [6.07, 6.45) is -1.31. The molecular formula is C20H27ClO9. The number of aliphatic hydroxyl groups excluding tert-OH is 1. The molecule has 0 aliphatic rings. The predicted octanol–water partition coefficient (Wildman–Crippen LogP) is 3.05. The van der Waals surface area contributed by atoms with Gasteiger partial charge in [0.1, 0.15) is 25.2 Å². The maximum absolute atomic E-state index is 12.4. The summed E-state index contributed by atoms with van der Waals surface area (Å²) in [6, 6.07) is 8.99. The molecule has 0 amide bonds. The van der Waals surface area contributed by atoms with Crippen LogP contribution >= 0.6 is 11.6 Å². The summed E-state index contributed by atoms with van der Waals surface area (Å²) in [5, 5.41) is 8.69. The zero-order valence-electron chi connectivity index (χ0n) is 16.8. The van der Waals surface area contributed by atoms with Crippen LogP contribution in [-0.4, -0.2) is 62.3 Å². The van der Waals surface area contributed by atoms with Crippen molar-refractivity contribution < 1.29 is 43.2 Å². The Morgan fingerprint density at radius 2 is 1.50 bits per heavy atom. The molecule has 0 saturated heterocycles. The molecule has 1 unspecified atom stereocenters. The van der Waals surface area contributed by atoms with Crippen LogP contribution in [0.5, 0.6) is 0 Å².